The van der Waals surface area contributed by atoms with Crippen molar-refractivity contribution in [2.45, 2.75) is 51.3 Å². The molecule has 0 radical (unpaired) electrons. The minimum Gasteiger partial charge on any atom is -0.436 e. The summed E-state index contributed by atoms with van der Waals surface area (Å²) in [6.07, 6.45) is -0.183. The molecule has 12 heteroatoms. The molecule has 5 rings (SSSR count). The van der Waals surface area contributed by atoms with Gasteiger partial charge in [0.2, 0.25) is 0 Å². The Morgan fingerprint density at radius 2 is 1.59 bits per heavy atom. The molecule has 1 aliphatic rings. The van der Waals surface area contributed by atoms with Gasteiger partial charge in [-0.1, -0.05) is 77.5 Å². The minimum absolute atomic E-state index is 0.116. The van der Waals surface area contributed by atoms with E-state index in [9.17, 15) is 23.5 Å². The molecular formula is C32H35N5O6S. The first kappa shape index (κ1) is 30.8. The van der Waals surface area contributed by atoms with E-state index in [0.717, 1.165) is 22.2 Å². The van der Waals surface area contributed by atoms with Crippen LogP contribution in [0, 0.1) is 0 Å². The molecule has 1 aromatic heterocycles. The van der Waals surface area contributed by atoms with E-state index in [0.29, 0.717) is 17.8 Å². The van der Waals surface area contributed by atoms with Crippen molar-refractivity contribution in [3.63, 3.8) is 0 Å². The Morgan fingerprint density at radius 3 is 2.23 bits per heavy atom. The molecule has 4 aromatic rings. The molecule has 0 spiro atoms. The van der Waals surface area contributed by atoms with Crippen molar-refractivity contribution in [2.75, 3.05) is 0 Å². The number of hydrogen-bond acceptors (Lipinski definition) is 7. The maximum absolute atomic E-state index is 13.8. The highest BCUT2D eigenvalue weighted by atomic mass is 32.3. The van der Waals surface area contributed by atoms with E-state index in [2.05, 4.69) is 20.3 Å². The highest BCUT2D eigenvalue weighted by Crippen LogP contribution is 2.52. The summed E-state index contributed by atoms with van der Waals surface area (Å²) in [5.41, 5.74) is 3.09. The highest BCUT2D eigenvalue weighted by molar-refractivity contribution is 8.31. The molecule has 2 atom stereocenters. The molecule has 2 heterocycles. The van der Waals surface area contributed by atoms with Gasteiger partial charge in [0.25, 0.3) is 11.8 Å². The van der Waals surface area contributed by atoms with Gasteiger partial charge in [0, 0.05) is 18.0 Å². The third-order valence-electron chi connectivity index (χ3n) is 6.83. The van der Waals surface area contributed by atoms with Crippen molar-refractivity contribution < 1.29 is 28.2 Å². The SMILES string of the molecule is CC(C)(C)NC(=O)O[C@@H](Cc1ccccc1)C(=O)NC(Cc1ccc(C2=CC(=O)NS2(O)O)cc1)c1nc2ccccc2[nH]1. The Morgan fingerprint density at radius 1 is 0.932 bits per heavy atom. The third kappa shape index (κ3) is 7.64. The molecule has 1 aliphatic heterocycles. The Balaban J connectivity index is 1.42. The number of H-pyrrole nitrogens is 1. The van der Waals surface area contributed by atoms with Crippen LogP contribution >= 0.6 is 10.8 Å². The van der Waals surface area contributed by atoms with Crippen LogP contribution in [0.25, 0.3) is 15.9 Å². The highest BCUT2D eigenvalue weighted by Gasteiger charge is 2.31. The summed E-state index contributed by atoms with van der Waals surface area (Å²) in [6, 6.07) is 23.1. The van der Waals surface area contributed by atoms with E-state index in [1.165, 1.54) is 6.08 Å². The van der Waals surface area contributed by atoms with Crippen LogP contribution in [-0.2, 0) is 27.2 Å². The van der Waals surface area contributed by atoms with Crippen molar-refractivity contribution in [2.24, 2.45) is 0 Å². The summed E-state index contributed by atoms with van der Waals surface area (Å²) in [5.74, 6) is -0.543. The van der Waals surface area contributed by atoms with E-state index in [-0.39, 0.29) is 11.3 Å². The second kappa shape index (κ2) is 12.5. The van der Waals surface area contributed by atoms with Gasteiger partial charge in [-0.2, -0.15) is 0 Å². The topological polar surface area (TPSA) is 166 Å². The van der Waals surface area contributed by atoms with Crippen LogP contribution in [0.15, 0.2) is 84.9 Å². The average Bonchev–Trinajstić information content (AvgIpc) is 3.51. The Hall–Kier alpha value is -4.65. The molecule has 230 valence electrons. The van der Waals surface area contributed by atoms with Gasteiger partial charge in [-0.05, 0) is 56.0 Å². The lowest BCUT2D eigenvalue weighted by Crippen LogP contribution is -2.47. The average molecular weight is 618 g/mol. The molecule has 44 heavy (non-hydrogen) atoms. The number of alkyl carbamates (subject to hydrolysis) is 1. The van der Waals surface area contributed by atoms with Crippen LogP contribution < -0.4 is 15.4 Å². The van der Waals surface area contributed by atoms with Gasteiger partial charge < -0.3 is 20.4 Å². The quantitative estimate of drug-likeness (QED) is 0.150. The van der Waals surface area contributed by atoms with Crippen LogP contribution in [0.1, 0.15) is 49.3 Å². The van der Waals surface area contributed by atoms with Crippen molar-refractivity contribution in [3.8, 4) is 0 Å². The van der Waals surface area contributed by atoms with Crippen LogP contribution in [0.5, 0.6) is 0 Å². The van der Waals surface area contributed by atoms with Crippen LogP contribution in [0.4, 0.5) is 4.79 Å². The van der Waals surface area contributed by atoms with Crippen molar-refractivity contribution in [3.05, 3.63) is 107 Å². The number of aromatic nitrogens is 2. The molecule has 3 aromatic carbocycles. The number of carbonyl (C=O) groups excluding carboxylic acids is 3. The number of para-hydroxylation sites is 2. The standard InChI is InChI=1S/C32H35N5O6S/c1-32(2,3)36-31(40)43-26(18-20-9-5-4-6-10-20)30(39)35-25(29-33-23-11-7-8-12-24(23)34-29)17-21-13-15-22(16-14-21)27-19-28(38)37-44(27,41)42/h4-16,19,25-26,41-42H,17-18H2,1-3H3,(H,33,34)(H,35,39)(H,36,40)(H,37,38)/t25?,26-/m0/s1. The van der Waals surface area contributed by atoms with Crippen LogP contribution in [0.2, 0.25) is 0 Å². The Kier molecular flexibility index (Phi) is 8.77. The van der Waals surface area contributed by atoms with Crippen molar-refractivity contribution in [1.29, 1.82) is 0 Å². The Bertz CT molecular complexity index is 1660. The lowest BCUT2D eigenvalue weighted by atomic mass is 10.0. The van der Waals surface area contributed by atoms with E-state index in [1.807, 2.05) is 75.4 Å². The van der Waals surface area contributed by atoms with E-state index in [1.54, 1.807) is 24.3 Å². The molecule has 11 nitrogen and oxygen atoms in total. The number of benzene rings is 3. The van der Waals surface area contributed by atoms with Gasteiger partial charge >= 0.3 is 6.09 Å². The summed E-state index contributed by atoms with van der Waals surface area (Å²) < 4.78 is 28.3. The molecule has 0 saturated carbocycles. The lowest BCUT2D eigenvalue weighted by molar-refractivity contribution is -0.130. The number of rotatable bonds is 9. The van der Waals surface area contributed by atoms with Crippen LogP contribution in [0.3, 0.4) is 0 Å². The second-order valence-corrected chi connectivity index (χ2v) is 13.3. The molecule has 1 unspecified atom stereocenters. The molecule has 3 amide bonds. The number of nitrogens with one attached hydrogen (secondary N) is 4. The molecule has 0 bridgehead atoms. The van der Waals surface area contributed by atoms with Gasteiger partial charge in [-0.3, -0.25) is 18.7 Å². The first-order chi connectivity index (χ1) is 20.9. The lowest BCUT2D eigenvalue weighted by Gasteiger charge is -2.29. The normalized spacial score (nSPS) is 16.4. The van der Waals surface area contributed by atoms with Crippen LogP contribution in [-0.4, -0.2) is 48.6 Å². The summed E-state index contributed by atoms with van der Waals surface area (Å²) in [7, 11) is -3.41. The van der Waals surface area contributed by atoms with Gasteiger partial charge in [0.1, 0.15) is 5.82 Å². The first-order valence-electron chi connectivity index (χ1n) is 14.0. The zero-order valence-electron chi connectivity index (χ0n) is 24.5. The maximum atomic E-state index is 13.8. The monoisotopic (exact) mass is 617 g/mol. The fourth-order valence-electron chi connectivity index (χ4n) is 4.81. The molecule has 0 saturated heterocycles. The zero-order chi connectivity index (χ0) is 31.5. The Labute approximate surface area is 256 Å². The zero-order valence-corrected chi connectivity index (χ0v) is 25.4. The van der Waals surface area contributed by atoms with E-state index >= 15 is 0 Å². The predicted octanol–water partition coefficient (Wildman–Crippen LogP) is 5.24. The minimum atomic E-state index is -3.41. The maximum Gasteiger partial charge on any atom is 0.408 e. The summed E-state index contributed by atoms with van der Waals surface area (Å²) in [6.45, 7) is 5.47. The fourth-order valence-corrected chi connectivity index (χ4v) is 6.00. The summed E-state index contributed by atoms with van der Waals surface area (Å²) in [4.78, 5) is 46.4. The fraction of sp³-hybridized carbons (Fsp3) is 0.250. The van der Waals surface area contributed by atoms with Gasteiger partial charge in [-0.15, -0.1) is 0 Å². The molecule has 0 fully saturated rings. The number of carbonyl (C=O) groups is 3. The second-order valence-electron chi connectivity index (χ2n) is 11.6. The number of amides is 3. The number of fused-ring (bicyclic) bond motifs is 1. The molecule has 6 N–H and O–H groups in total. The van der Waals surface area contributed by atoms with E-state index < -0.39 is 46.4 Å². The largest absolute Gasteiger partial charge is 0.436 e. The van der Waals surface area contributed by atoms with Gasteiger partial charge in [0.15, 0.2) is 6.10 Å². The van der Waals surface area contributed by atoms with E-state index in [4.69, 9.17) is 9.72 Å². The number of nitrogens with zero attached hydrogens (tertiary/aromatic N) is 1. The summed E-state index contributed by atoms with van der Waals surface area (Å²) >= 11 is 0. The van der Waals surface area contributed by atoms with Gasteiger partial charge in [-0.25, -0.2) is 14.5 Å². The first-order valence-corrected chi connectivity index (χ1v) is 15.6. The van der Waals surface area contributed by atoms with Gasteiger partial charge in [0.05, 0.1) is 22.0 Å². The number of ether oxygens (including phenoxy) is 1. The number of aromatic amines is 1. The molecular weight excluding hydrogens is 582 g/mol. The number of imidazole rings is 1. The summed E-state index contributed by atoms with van der Waals surface area (Å²) in [5, 5.41) is 5.79. The number of hydrogen-bond donors (Lipinski definition) is 6. The smallest absolute Gasteiger partial charge is 0.408 e. The third-order valence-corrected chi connectivity index (χ3v) is 8.28. The molecule has 0 aliphatic carbocycles. The van der Waals surface area contributed by atoms with Crippen molar-refractivity contribution in [1.82, 2.24) is 25.3 Å². The van der Waals surface area contributed by atoms with Crippen molar-refractivity contribution >= 4 is 44.6 Å². The predicted molar refractivity (Wildman–Crippen MR) is 169 cm³/mol.